The van der Waals surface area contributed by atoms with Crippen LogP contribution in [0.1, 0.15) is 206 Å². The molecule has 0 aromatic rings. The Hall–Kier alpha value is -2.37. The Kier molecular flexibility index (Phi) is 42.7. The van der Waals surface area contributed by atoms with E-state index in [-0.39, 0.29) is 19.2 Å². The van der Waals surface area contributed by atoms with Gasteiger partial charge < -0.3 is 39.4 Å². The van der Waals surface area contributed by atoms with E-state index in [1.54, 1.807) is 0 Å². The summed E-state index contributed by atoms with van der Waals surface area (Å²) in [5.74, 6) is -0.323. The Balaban J connectivity index is 2.21. The van der Waals surface area contributed by atoms with Crippen LogP contribution in [0.4, 0.5) is 0 Å². The molecule has 1 saturated heterocycles. The van der Waals surface area contributed by atoms with E-state index >= 15 is 0 Å². The molecule has 0 saturated carbocycles. The van der Waals surface area contributed by atoms with Crippen molar-refractivity contribution in [2.45, 2.75) is 243 Å². The predicted octanol–water partition coefficient (Wildman–Crippen LogP) is 12.8. The lowest BCUT2D eigenvalue weighted by Crippen LogP contribution is -2.59. The molecular weight excluding hydrogens is 805 g/mol. The molecule has 0 radical (unpaired) electrons. The maximum atomic E-state index is 12.8. The van der Waals surface area contributed by atoms with Crippen molar-refractivity contribution >= 4 is 5.97 Å². The number of aliphatic hydroxyl groups is 4. The fourth-order valence-electron chi connectivity index (χ4n) is 7.57. The molecule has 0 spiro atoms. The molecule has 370 valence electrons. The van der Waals surface area contributed by atoms with Crippen molar-refractivity contribution in [1.82, 2.24) is 0 Å². The second kappa shape index (κ2) is 45.8. The number of rotatable bonds is 44. The Labute approximate surface area is 391 Å². The molecule has 9 heteroatoms. The summed E-state index contributed by atoms with van der Waals surface area (Å²) in [6.07, 6.45) is 53.6. The Morgan fingerprint density at radius 1 is 0.516 bits per heavy atom. The number of carbonyl (C=O) groups excluding carboxylic acids is 1. The Morgan fingerprint density at radius 3 is 1.45 bits per heavy atom. The van der Waals surface area contributed by atoms with Gasteiger partial charge in [0.15, 0.2) is 6.29 Å². The van der Waals surface area contributed by atoms with Crippen molar-refractivity contribution < 1.29 is 44.2 Å². The first-order valence-corrected chi connectivity index (χ1v) is 26.0. The highest BCUT2D eigenvalue weighted by molar-refractivity contribution is 5.69. The van der Waals surface area contributed by atoms with Gasteiger partial charge in [0.25, 0.3) is 0 Å². The number of unbranched alkanes of at least 4 members (excludes halogenated alkanes) is 21. The molecule has 1 aliphatic heterocycles. The zero-order valence-electron chi connectivity index (χ0n) is 40.8. The quantitative estimate of drug-likeness (QED) is 0.0268. The second-order valence-electron chi connectivity index (χ2n) is 17.6. The summed E-state index contributed by atoms with van der Waals surface area (Å²) in [6, 6.07) is 0. The minimum Gasteiger partial charge on any atom is -0.457 e. The molecule has 1 aliphatic rings. The lowest BCUT2D eigenvalue weighted by Gasteiger charge is -2.39. The molecule has 0 bridgehead atoms. The largest absolute Gasteiger partial charge is 0.457 e. The summed E-state index contributed by atoms with van der Waals surface area (Å²) in [5.41, 5.74) is 0. The van der Waals surface area contributed by atoms with E-state index in [1.807, 2.05) is 0 Å². The molecule has 0 amide bonds. The van der Waals surface area contributed by atoms with Gasteiger partial charge in [-0.25, -0.2) is 0 Å². The Bertz CT molecular complexity index is 1210. The van der Waals surface area contributed by atoms with Crippen LogP contribution in [-0.4, -0.2) is 89.6 Å². The highest BCUT2D eigenvalue weighted by Gasteiger charge is 2.44. The van der Waals surface area contributed by atoms with Gasteiger partial charge >= 0.3 is 5.97 Å². The molecule has 9 nitrogen and oxygen atoms in total. The van der Waals surface area contributed by atoms with Crippen molar-refractivity contribution in [3.8, 4) is 0 Å². The van der Waals surface area contributed by atoms with E-state index < -0.39 is 43.4 Å². The monoisotopic (exact) mass is 901 g/mol. The zero-order valence-corrected chi connectivity index (χ0v) is 40.8. The maximum absolute atomic E-state index is 12.8. The summed E-state index contributed by atoms with van der Waals surface area (Å²) < 4.78 is 22.9. The number of esters is 1. The van der Waals surface area contributed by atoms with Gasteiger partial charge in [-0.2, -0.15) is 0 Å². The van der Waals surface area contributed by atoms with Crippen LogP contribution in [0.5, 0.6) is 0 Å². The van der Waals surface area contributed by atoms with Crippen LogP contribution in [0.2, 0.25) is 0 Å². The van der Waals surface area contributed by atoms with Gasteiger partial charge in [0, 0.05) is 13.0 Å². The second-order valence-corrected chi connectivity index (χ2v) is 17.6. The minimum absolute atomic E-state index is 0.121. The van der Waals surface area contributed by atoms with E-state index in [9.17, 15) is 25.2 Å². The van der Waals surface area contributed by atoms with Crippen molar-refractivity contribution in [2.75, 3.05) is 26.4 Å². The van der Waals surface area contributed by atoms with Gasteiger partial charge in [-0.15, -0.1) is 0 Å². The van der Waals surface area contributed by atoms with Gasteiger partial charge in [0.2, 0.25) is 0 Å². The topological polar surface area (TPSA) is 135 Å². The zero-order chi connectivity index (χ0) is 46.4. The highest BCUT2D eigenvalue weighted by atomic mass is 16.7. The van der Waals surface area contributed by atoms with Gasteiger partial charge in [-0.3, -0.25) is 4.79 Å². The van der Waals surface area contributed by atoms with Crippen molar-refractivity contribution in [2.24, 2.45) is 0 Å². The lowest BCUT2D eigenvalue weighted by atomic mass is 9.99. The molecule has 1 fully saturated rings. The van der Waals surface area contributed by atoms with Gasteiger partial charge in [0.05, 0.1) is 19.8 Å². The van der Waals surface area contributed by atoms with Crippen LogP contribution >= 0.6 is 0 Å². The van der Waals surface area contributed by atoms with Crippen LogP contribution in [-0.2, 0) is 23.7 Å². The maximum Gasteiger partial charge on any atom is 0.306 e. The smallest absolute Gasteiger partial charge is 0.306 e. The first-order chi connectivity index (χ1) is 31.4. The summed E-state index contributed by atoms with van der Waals surface area (Å²) in [7, 11) is 0. The summed E-state index contributed by atoms with van der Waals surface area (Å²) in [4.78, 5) is 12.8. The van der Waals surface area contributed by atoms with E-state index in [1.165, 1.54) is 109 Å². The van der Waals surface area contributed by atoms with Gasteiger partial charge in [0.1, 0.15) is 30.5 Å². The van der Waals surface area contributed by atoms with Crippen LogP contribution in [0.15, 0.2) is 72.9 Å². The number of hydrogen-bond acceptors (Lipinski definition) is 9. The third-order valence-corrected chi connectivity index (χ3v) is 11.6. The number of aliphatic hydroxyl groups excluding tert-OH is 4. The fourth-order valence-corrected chi connectivity index (χ4v) is 7.57. The molecule has 0 aromatic heterocycles. The molecule has 1 heterocycles. The van der Waals surface area contributed by atoms with Crippen LogP contribution in [0.3, 0.4) is 0 Å². The highest BCUT2D eigenvalue weighted by Crippen LogP contribution is 2.23. The SMILES string of the molecule is CC/C=C\C/C=C\C/C=C\C/C=C\C/C=C\CCCCCCCCCCOCC(COC1OC(CO)C(O)C(O)C1O)OC(=O)CCCCCCCCC/C=C\CCCCCCCC. The van der Waals surface area contributed by atoms with Crippen molar-refractivity contribution in [3.05, 3.63) is 72.9 Å². The van der Waals surface area contributed by atoms with E-state index in [2.05, 4.69) is 86.8 Å². The summed E-state index contributed by atoms with van der Waals surface area (Å²) in [5, 5.41) is 40.3. The lowest BCUT2D eigenvalue weighted by molar-refractivity contribution is -0.305. The predicted molar refractivity (Wildman–Crippen MR) is 265 cm³/mol. The molecule has 4 N–H and O–H groups in total. The van der Waals surface area contributed by atoms with Crippen molar-refractivity contribution in [1.29, 1.82) is 0 Å². The fraction of sp³-hybridized carbons (Fsp3) is 0.764. The first-order valence-electron chi connectivity index (χ1n) is 26.0. The molecular formula is C55H96O9. The average Bonchev–Trinajstić information content (AvgIpc) is 3.30. The van der Waals surface area contributed by atoms with Gasteiger partial charge in [-0.1, -0.05) is 189 Å². The van der Waals surface area contributed by atoms with E-state index in [4.69, 9.17) is 18.9 Å². The standard InChI is InChI=1S/C55H96O9/c1-3-5-7-9-11-13-15-17-19-21-22-23-24-25-26-27-29-31-33-35-37-39-41-43-45-61-47-49(48-62-55-54(60)53(59)52(58)50(46-56)64-55)63-51(57)44-42-40-38-36-34-32-30-28-20-18-16-14-12-10-8-6-4-2/h5,7,11,13,17-20,22-23,25-26,49-50,52-56,58-60H,3-4,6,8-10,12,14-16,21,24,27-48H2,1-2H3/b7-5-,13-11-,19-17-,20-18-,23-22-,26-25-. The number of ether oxygens (including phenoxy) is 4. The molecule has 6 atom stereocenters. The van der Waals surface area contributed by atoms with Crippen LogP contribution < -0.4 is 0 Å². The summed E-state index contributed by atoms with van der Waals surface area (Å²) >= 11 is 0. The number of hydrogen-bond donors (Lipinski definition) is 4. The number of carbonyl (C=O) groups is 1. The third kappa shape index (κ3) is 35.8. The molecule has 64 heavy (non-hydrogen) atoms. The molecule has 0 aliphatic carbocycles. The minimum atomic E-state index is -1.54. The van der Waals surface area contributed by atoms with Crippen LogP contribution in [0, 0.1) is 0 Å². The van der Waals surface area contributed by atoms with E-state index in [0.717, 1.165) is 77.0 Å². The third-order valence-electron chi connectivity index (χ3n) is 11.6. The number of allylic oxidation sites excluding steroid dienone is 12. The first kappa shape index (κ1) is 59.6. The molecule has 0 aromatic carbocycles. The average molecular weight is 901 g/mol. The Morgan fingerprint density at radius 2 is 0.953 bits per heavy atom. The van der Waals surface area contributed by atoms with Crippen LogP contribution in [0.25, 0.3) is 0 Å². The van der Waals surface area contributed by atoms with Crippen molar-refractivity contribution in [3.63, 3.8) is 0 Å². The summed E-state index contributed by atoms with van der Waals surface area (Å²) in [6.45, 7) is 4.42. The normalized spacial score (nSPS) is 20.1. The molecule has 1 rings (SSSR count). The molecule has 6 unspecified atom stereocenters. The van der Waals surface area contributed by atoms with Gasteiger partial charge in [-0.05, 0) is 83.5 Å². The van der Waals surface area contributed by atoms with E-state index in [0.29, 0.717) is 13.0 Å².